The van der Waals surface area contributed by atoms with Crippen LogP contribution in [-0.2, 0) is 4.79 Å². The van der Waals surface area contributed by atoms with Gasteiger partial charge in [0.05, 0.1) is 15.9 Å². The fraction of sp³-hybridized carbons (Fsp3) is 0. The molecule has 0 aliphatic heterocycles. The van der Waals surface area contributed by atoms with Crippen LogP contribution in [0.2, 0.25) is 5.02 Å². The largest absolute Gasteiger partial charge is 0.269 e. The summed E-state index contributed by atoms with van der Waals surface area (Å²) in [5.74, 6) is -0.641. The van der Waals surface area contributed by atoms with E-state index in [-0.39, 0.29) is 11.7 Å². The molecule has 3 nitrogen and oxygen atoms in total. The number of para-hydroxylation sites is 1. The summed E-state index contributed by atoms with van der Waals surface area (Å²) in [5.41, 5.74) is 2.21. The second-order valence-electron chi connectivity index (χ2n) is 6.00. The number of rotatable bonds is 4. The van der Waals surface area contributed by atoms with Gasteiger partial charge in [0.1, 0.15) is 5.82 Å². The van der Waals surface area contributed by atoms with Crippen molar-refractivity contribution < 1.29 is 9.18 Å². The van der Waals surface area contributed by atoms with E-state index in [1.165, 1.54) is 34.4 Å². The van der Waals surface area contributed by atoms with E-state index in [9.17, 15) is 9.18 Å². The first-order valence-corrected chi connectivity index (χ1v) is 9.68. The minimum Gasteiger partial charge on any atom is -0.269 e. The number of hydrogen-bond donors (Lipinski definition) is 0. The molecule has 0 N–H and O–H groups in total. The van der Waals surface area contributed by atoms with Crippen LogP contribution in [0.3, 0.4) is 0 Å². The second-order valence-corrected chi connectivity index (χ2v) is 7.44. The number of hydrogen-bond acceptors (Lipinski definition) is 3. The maximum Gasteiger partial charge on any atom is 0.257 e. The summed E-state index contributed by atoms with van der Waals surface area (Å²) in [6.07, 6.45) is 3.18. The zero-order valence-corrected chi connectivity index (χ0v) is 16.1. The van der Waals surface area contributed by atoms with Crippen molar-refractivity contribution in [1.29, 1.82) is 0 Å². The standard InChI is InChI=1S/C22H14ClFN2OS/c23-16-8-5-15(6-9-16)7-14-21(27)26(18-12-10-17(24)11-13-18)22-25-19-3-1-2-4-20(19)28-22/h1-14H. The molecule has 1 heterocycles. The van der Waals surface area contributed by atoms with Crippen LogP contribution >= 0.6 is 22.9 Å². The van der Waals surface area contributed by atoms with Gasteiger partial charge in [-0.25, -0.2) is 9.37 Å². The van der Waals surface area contributed by atoms with Gasteiger partial charge in [-0.2, -0.15) is 0 Å². The minimum atomic E-state index is -0.364. The highest BCUT2D eigenvalue weighted by molar-refractivity contribution is 7.22. The Kier molecular flexibility index (Phi) is 5.19. The molecule has 0 spiro atoms. The van der Waals surface area contributed by atoms with Crippen LogP contribution in [0.4, 0.5) is 15.2 Å². The van der Waals surface area contributed by atoms with E-state index < -0.39 is 0 Å². The lowest BCUT2D eigenvalue weighted by Gasteiger charge is -2.18. The molecule has 0 bridgehead atoms. The van der Waals surface area contributed by atoms with E-state index in [2.05, 4.69) is 4.98 Å². The summed E-state index contributed by atoms with van der Waals surface area (Å²) in [7, 11) is 0. The average Bonchev–Trinajstić information content (AvgIpc) is 3.13. The Bertz CT molecular complexity index is 1120. The lowest BCUT2D eigenvalue weighted by atomic mass is 10.2. The van der Waals surface area contributed by atoms with E-state index in [0.717, 1.165) is 15.8 Å². The first-order chi connectivity index (χ1) is 13.6. The molecule has 1 amide bonds. The highest BCUT2D eigenvalue weighted by atomic mass is 35.5. The number of fused-ring (bicyclic) bond motifs is 1. The summed E-state index contributed by atoms with van der Waals surface area (Å²) >= 11 is 7.30. The molecule has 3 aromatic carbocycles. The van der Waals surface area contributed by atoms with Crippen LogP contribution in [0, 0.1) is 5.82 Å². The summed E-state index contributed by atoms with van der Waals surface area (Å²) < 4.78 is 14.4. The molecule has 4 rings (SSSR count). The van der Waals surface area contributed by atoms with Crippen molar-refractivity contribution >= 4 is 56.0 Å². The predicted octanol–water partition coefficient (Wildman–Crippen LogP) is 6.47. The molecule has 0 fully saturated rings. The number of thiazole rings is 1. The molecule has 0 aliphatic carbocycles. The summed E-state index contributed by atoms with van der Waals surface area (Å²) in [4.78, 5) is 19.1. The maximum absolute atomic E-state index is 13.4. The Labute approximate surface area is 170 Å². The van der Waals surface area contributed by atoms with Gasteiger partial charge in [-0.05, 0) is 60.2 Å². The number of aromatic nitrogens is 1. The van der Waals surface area contributed by atoms with Gasteiger partial charge in [-0.1, -0.05) is 47.2 Å². The molecule has 0 radical (unpaired) electrons. The maximum atomic E-state index is 13.4. The van der Waals surface area contributed by atoms with E-state index in [1.54, 1.807) is 30.3 Å². The molecule has 0 saturated carbocycles. The summed E-state index contributed by atoms with van der Waals surface area (Å²) in [6, 6.07) is 20.6. The van der Waals surface area contributed by atoms with Crippen molar-refractivity contribution in [1.82, 2.24) is 4.98 Å². The van der Waals surface area contributed by atoms with Crippen LogP contribution in [0.25, 0.3) is 16.3 Å². The van der Waals surface area contributed by atoms with Gasteiger partial charge >= 0.3 is 0 Å². The molecular formula is C22H14ClFN2OS. The lowest BCUT2D eigenvalue weighted by Crippen LogP contribution is -2.23. The fourth-order valence-electron chi connectivity index (χ4n) is 2.69. The van der Waals surface area contributed by atoms with E-state index in [0.29, 0.717) is 15.8 Å². The van der Waals surface area contributed by atoms with Crippen LogP contribution in [0.5, 0.6) is 0 Å². The first-order valence-electron chi connectivity index (χ1n) is 8.49. The van der Waals surface area contributed by atoms with Crippen LogP contribution in [0.1, 0.15) is 5.56 Å². The van der Waals surface area contributed by atoms with Crippen molar-refractivity contribution in [3.63, 3.8) is 0 Å². The third-order valence-corrected chi connectivity index (χ3v) is 5.34. The normalized spacial score (nSPS) is 11.2. The quantitative estimate of drug-likeness (QED) is 0.363. The molecular weight excluding hydrogens is 395 g/mol. The molecule has 0 saturated heterocycles. The van der Waals surface area contributed by atoms with Crippen LogP contribution in [0.15, 0.2) is 78.9 Å². The SMILES string of the molecule is O=C(C=Cc1ccc(Cl)cc1)N(c1ccc(F)cc1)c1nc2ccccc2s1. The average molecular weight is 409 g/mol. The van der Waals surface area contributed by atoms with Gasteiger partial charge < -0.3 is 0 Å². The Hall–Kier alpha value is -3.02. The summed E-state index contributed by atoms with van der Waals surface area (Å²) in [6.45, 7) is 0. The van der Waals surface area contributed by atoms with Crippen molar-refractivity contribution in [2.75, 3.05) is 4.90 Å². The Balaban J connectivity index is 1.72. The summed E-state index contributed by atoms with van der Waals surface area (Å²) in [5, 5.41) is 1.16. The molecule has 0 unspecified atom stereocenters. The molecule has 28 heavy (non-hydrogen) atoms. The first kappa shape index (κ1) is 18.3. The predicted molar refractivity (Wildman–Crippen MR) is 114 cm³/mol. The Morgan fingerprint density at radius 1 is 1.00 bits per heavy atom. The molecule has 138 valence electrons. The molecule has 4 aromatic rings. The van der Waals surface area contributed by atoms with Crippen molar-refractivity contribution in [3.8, 4) is 0 Å². The lowest BCUT2D eigenvalue weighted by molar-refractivity contribution is -0.113. The van der Waals surface area contributed by atoms with Gasteiger partial charge in [0.2, 0.25) is 0 Å². The van der Waals surface area contributed by atoms with E-state index >= 15 is 0 Å². The van der Waals surface area contributed by atoms with Gasteiger partial charge in [-0.3, -0.25) is 9.69 Å². The number of carbonyl (C=O) groups is 1. The smallest absolute Gasteiger partial charge is 0.257 e. The van der Waals surface area contributed by atoms with E-state index in [4.69, 9.17) is 11.6 Å². The minimum absolute atomic E-state index is 0.277. The highest BCUT2D eigenvalue weighted by Crippen LogP contribution is 2.33. The highest BCUT2D eigenvalue weighted by Gasteiger charge is 2.20. The van der Waals surface area contributed by atoms with Crippen LogP contribution in [-0.4, -0.2) is 10.9 Å². The number of anilines is 2. The van der Waals surface area contributed by atoms with Gasteiger partial charge in [0, 0.05) is 11.1 Å². The zero-order chi connectivity index (χ0) is 19.5. The number of amides is 1. The topological polar surface area (TPSA) is 33.2 Å². The molecule has 0 aliphatic rings. The Morgan fingerprint density at radius 3 is 2.43 bits per heavy atom. The monoisotopic (exact) mass is 408 g/mol. The van der Waals surface area contributed by atoms with Gasteiger partial charge in [0.15, 0.2) is 5.13 Å². The Morgan fingerprint density at radius 2 is 1.71 bits per heavy atom. The number of benzene rings is 3. The molecule has 6 heteroatoms. The number of nitrogens with zero attached hydrogens (tertiary/aromatic N) is 2. The fourth-order valence-corrected chi connectivity index (χ4v) is 3.81. The third-order valence-electron chi connectivity index (χ3n) is 4.07. The van der Waals surface area contributed by atoms with Crippen molar-refractivity contribution in [2.45, 2.75) is 0 Å². The van der Waals surface area contributed by atoms with E-state index in [1.807, 2.05) is 36.4 Å². The third kappa shape index (κ3) is 3.96. The van der Waals surface area contributed by atoms with Crippen LogP contribution < -0.4 is 4.90 Å². The molecule has 0 atom stereocenters. The van der Waals surface area contributed by atoms with Crippen molar-refractivity contribution in [2.24, 2.45) is 0 Å². The second kappa shape index (κ2) is 7.92. The van der Waals surface area contributed by atoms with Gasteiger partial charge in [0.25, 0.3) is 5.91 Å². The van der Waals surface area contributed by atoms with Crippen molar-refractivity contribution in [3.05, 3.63) is 95.3 Å². The number of carbonyl (C=O) groups excluding carboxylic acids is 1. The zero-order valence-electron chi connectivity index (χ0n) is 14.5. The molecule has 1 aromatic heterocycles. The number of halogens is 2. The van der Waals surface area contributed by atoms with Gasteiger partial charge in [-0.15, -0.1) is 0 Å².